The van der Waals surface area contributed by atoms with Crippen LogP contribution in [-0.4, -0.2) is 34.8 Å². The number of hydrogen-bond donors (Lipinski definition) is 4. The molecule has 0 heterocycles. The highest BCUT2D eigenvalue weighted by Crippen LogP contribution is 2.31. The molecule has 0 aromatic rings. The van der Waals surface area contributed by atoms with E-state index in [0.29, 0.717) is 6.54 Å². The van der Waals surface area contributed by atoms with Gasteiger partial charge in [-0.25, -0.2) is 0 Å². The number of hydrogen-bond acceptors (Lipinski definition) is 4. The third-order valence-electron chi connectivity index (χ3n) is 4.62. The minimum Gasteiger partial charge on any atom is -0.409 e. The number of amidine groups is 1. The number of oxime groups is 1. The Morgan fingerprint density at radius 1 is 1.40 bits per heavy atom. The van der Waals surface area contributed by atoms with E-state index in [0.717, 1.165) is 51.0 Å². The molecular weight excluding hydrogens is 254 g/mol. The second-order valence-electron chi connectivity index (χ2n) is 7.06. The van der Waals surface area contributed by atoms with Crippen LogP contribution in [-0.2, 0) is 0 Å². The molecule has 0 bridgehead atoms. The number of rotatable bonds is 7. The Labute approximate surface area is 122 Å². The summed E-state index contributed by atoms with van der Waals surface area (Å²) < 4.78 is 0. The van der Waals surface area contributed by atoms with Gasteiger partial charge in [0, 0.05) is 12.0 Å². The Morgan fingerprint density at radius 3 is 2.55 bits per heavy atom. The van der Waals surface area contributed by atoms with E-state index >= 15 is 0 Å². The molecule has 20 heavy (non-hydrogen) atoms. The maximum Gasteiger partial charge on any atom is 0.144 e. The van der Waals surface area contributed by atoms with Crippen molar-refractivity contribution in [1.29, 1.82) is 0 Å². The second kappa shape index (κ2) is 7.27. The molecule has 0 radical (unpaired) electrons. The summed E-state index contributed by atoms with van der Waals surface area (Å²) in [5.41, 5.74) is 4.85. The van der Waals surface area contributed by atoms with Crippen LogP contribution >= 0.6 is 0 Å². The monoisotopic (exact) mass is 285 g/mol. The molecule has 0 amide bonds. The fourth-order valence-electron chi connectivity index (χ4n) is 2.72. The number of nitrogens with two attached hydrogens (primary N) is 1. The van der Waals surface area contributed by atoms with Crippen LogP contribution in [0.4, 0.5) is 0 Å². The van der Waals surface area contributed by atoms with Gasteiger partial charge in [0.05, 0.1) is 5.60 Å². The van der Waals surface area contributed by atoms with Gasteiger partial charge in [0.1, 0.15) is 5.84 Å². The lowest BCUT2D eigenvalue weighted by molar-refractivity contribution is -0.00600. The molecule has 1 saturated carbocycles. The van der Waals surface area contributed by atoms with Gasteiger partial charge in [-0.1, -0.05) is 25.9 Å². The molecule has 0 aromatic heterocycles. The van der Waals surface area contributed by atoms with Crippen molar-refractivity contribution in [2.24, 2.45) is 22.2 Å². The van der Waals surface area contributed by atoms with Crippen LogP contribution in [0, 0.1) is 11.3 Å². The Morgan fingerprint density at radius 2 is 2.00 bits per heavy atom. The summed E-state index contributed by atoms with van der Waals surface area (Å²) in [4.78, 5) is 0. The van der Waals surface area contributed by atoms with E-state index in [1.165, 1.54) is 0 Å². The number of aliphatic hydroxyl groups is 1. The highest BCUT2D eigenvalue weighted by atomic mass is 16.4. The highest BCUT2D eigenvalue weighted by Gasteiger charge is 2.31. The van der Waals surface area contributed by atoms with Gasteiger partial charge in [-0.2, -0.15) is 0 Å². The molecule has 1 aliphatic rings. The third-order valence-corrected chi connectivity index (χ3v) is 4.62. The lowest BCUT2D eigenvalue weighted by atomic mass is 9.79. The standard InChI is InChI=1S/C15H31N3O2/c1-12-5-8-15(19,9-6-12)11-17-10-4-7-14(2,3)13(16)18-20/h12,17,19-20H,4-11H2,1-3H3,(H2,16,18). The smallest absolute Gasteiger partial charge is 0.144 e. The maximum atomic E-state index is 10.4. The predicted molar refractivity (Wildman–Crippen MR) is 81.9 cm³/mol. The van der Waals surface area contributed by atoms with E-state index < -0.39 is 5.60 Å². The third kappa shape index (κ3) is 5.29. The van der Waals surface area contributed by atoms with Gasteiger partial charge >= 0.3 is 0 Å². The van der Waals surface area contributed by atoms with E-state index in [9.17, 15) is 5.11 Å². The van der Waals surface area contributed by atoms with Crippen molar-refractivity contribution >= 4 is 5.84 Å². The van der Waals surface area contributed by atoms with Crippen LogP contribution in [0.2, 0.25) is 0 Å². The molecule has 1 fully saturated rings. The summed E-state index contributed by atoms with van der Waals surface area (Å²) in [6.07, 6.45) is 5.83. The molecule has 0 aliphatic heterocycles. The molecule has 5 heteroatoms. The zero-order chi connectivity index (χ0) is 15.2. The van der Waals surface area contributed by atoms with Crippen molar-refractivity contribution in [3.05, 3.63) is 0 Å². The lowest BCUT2D eigenvalue weighted by Gasteiger charge is -2.35. The van der Waals surface area contributed by atoms with Crippen molar-refractivity contribution in [2.75, 3.05) is 13.1 Å². The van der Waals surface area contributed by atoms with Crippen LogP contribution < -0.4 is 11.1 Å². The van der Waals surface area contributed by atoms with Crippen molar-refractivity contribution in [3.63, 3.8) is 0 Å². The van der Waals surface area contributed by atoms with Crippen molar-refractivity contribution in [1.82, 2.24) is 5.32 Å². The summed E-state index contributed by atoms with van der Waals surface area (Å²) in [7, 11) is 0. The predicted octanol–water partition coefficient (Wildman–Crippen LogP) is 2.07. The first-order valence-corrected chi connectivity index (χ1v) is 7.70. The molecule has 1 rings (SSSR count). The maximum absolute atomic E-state index is 10.4. The highest BCUT2D eigenvalue weighted by molar-refractivity contribution is 5.85. The van der Waals surface area contributed by atoms with Crippen LogP contribution in [0.1, 0.15) is 59.3 Å². The van der Waals surface area contributed by atoms with Gasteiger partial charge in [0.2, 0.25) is 0 Å². The quantitative estimate of drug-likeness (QED) is 0.189. The molecule has 118 valence electrons. The molecule has 0 unspecified atom stereocenters. The Hall–Kier alpha value is -0.810. The largest absolute Gasteiger partial charge is 0.409 e. The van der Waals surface area contributed by atoms with Crippen LogP contribution in [0.15, 0.2) is 5.16 Å². The average Bonchev–Trinajstić information content (AvgIpc) is 2.41. The molecule has 0 spiro atoms. The van der Waals surface area contributed by atoms with E-state index in [4.69, 9.17) is 10.9 Å². The summed E-state index contributed by atoms with van der Waals surface area (Å²) in [5.74, 6) is 1.02. The zero-order valence-corrected chi connectivity index (χ0v) is 13.2. The molecule has 0 atom stereocenters. The lowest BCUT2D eigenvalue weighted by Crippen LogP contribution is -2.43. The van der Waals surface area contributed by atoms with Crippen LogP contribution in [0.25, 0.3) is 0 Å². The Bertz CT molecular complexity index is 321. The molecule has 5 N–H and O–H groups in total. The zero-order valence-electron chi connectivity index (χ0n) is 13.2. The van der Waals surface area contributed by atoms with E-state index in [-0.39, 0.29) is 11.3 Å². The topological polar surface area (TPSA) is 90.9 Å². The van der Waals surface area contributed by atoms with Gasteiger partial charge < -0.3 is 21.4 Å². The number of nitrogens with zero attached hydrogens (tertiary/aromatic N) is 1. The summed E-state index contributed by atoms with van der Waals surface area (Å²) in [5, 5.41) is 25.6. The second-order valence-corrected chi connectivity index (χ2v) is 7.06. The normalized spacial score (nSPS) is 28.6. The van der Waals surface area contributed by atoms with Crippen molar-refractivity contribution < 1.29 is 10.3 Å². The van der Waals surface area contributed by atoms with Crippen molar-refractivity contribution in [3.8, 4) is 0 Å². The first kappa shape index (κ1) is 17.2. The molecular formula is C15H31N3O2. The minimum absolute atomic E-state index is 0.275. The van der Waals surface area contributed by atoms with Gasteiger partial charge in [-0.3, -0.25) is 0 Å². The van der Waals surface area contributed by atoms with E-state index in [1.807, 2.05) is 13.8 Å². The summed E-state index contributed by atoms with van der Waals surface area (Å²) in [6, 6.07) is 0. The van der Waals surface area contributed by atoms with Gasteiger partial charge in [0.15, 0.2) is 0 Å². The van der Waals surface area contributed by atoms with Gasteiger partial charge in [-0.15, -0.1) is 0 Å². The Balaban J connectivity index is 2.19. The summed E-state index contributed by atoms with van der Waals surface area (Å²) in [6.45, 7) is 7.71. The molecule has 5 nitrogen and oxygen atoms in total. The molecule has 0 saturated heterocycles. The minimum atomic E-state index is -0.520. The molecule has 1 aliphatic carbocycles. The SMILES string of the molecule is CC1CCC(O)(CNCCCC(C)(C)C(N)=NO)CC1. The van der Waals surface area contributed by atoms with E-state index in [1.54, 1.807) is 0 Å². The first-order valence-electron chi connectivity index (χ1n) is 7.70. The van der Waals surface area contributed by atoms with E-state index in [2.05, 4.69) is 17.4 Å². The van der Waals surface area contributed by atoms with Crippen LogP contribution in [0.3, 0.4) is 0 Å². The van der Waals surface area contributed by atoms with Crippen molar-refractivity contribution in [2.45, 2.75) is 64.9 Å². The fourth-order valence-corrected chi connectivity index (χ4v) is 2.72. The van der Waals surface area contributed by atoms with Crippen LogP contribution in [0.5, 0.6) is 0 Å². The first-order chi connectivity index (χ1) is 9.29. The number of nitrogens with one attached hydrogen (secondary N) is 1. The fraction of sp³-hybridized carbons (Fsp3) is 0.933. The Kier molecular flexibility index (Phi) is 6.27. The molecule has 0 aromatic carbocycles. The summed E-state index contributed by atoms with van der Waals surface area (Å²) >= 11 is 0. The van der Waals surface area contributed by atoms with Gasteiger partial charge in [-0.05, 0) is 51.0 Å². The average molecular weight is 285 g/mol. The van der Waals surface area contributed by atoms with Gasteiger partial charge in [0.25, 0.3) is 0 Å².